The summed E-state index contributed by atoms with van der Waals surface area (Å²) in [6, 6.07) is 2.83. The summed E-state index contributed by atoms with van der Waals surface area (Å²) in [7, 11) is 0. The molecule has 1 aliphatic carbocycles. The Balaban J connectivity index is 2.21. The quantitative estimate of drug-likeness (QED) is 0.581. The third kappa shape index (κ3) is 3.37. The number of alkyl halides is 3. The van der Waals surface area contributed by atoms with Gasteiger partial charge in [0.25, 0.3) is 5.91 Å². The maximum absolute atomic E-state index is 12.6. The van der Waals surface area contributed by atoms with E-state index in [4.69, 9.17) is 5.84 Å². The lowest BCUT2D eigenvalue weighted by Gasteiger charge is -2.13. The van der Waals surface area contributed by atoms with Crippen LogP contribution in [-0.4, -0.2) is 12.5 Å². The van der Waals surface area contributed by atoms with Crippen LogP contribution in [-0.2, 0) is 6.18 Å². The maximum atomic E-state index is 12.6. The van der Waals surface area contributed by atoms with Gasteiger partial charge in [0.15, 0.2) is 0 Å². The Morgan fingerprint density at radius 1 is 1.37 bits per heavy atom. The Morgan fingerprint density at radius 3 is 2.58 bits per heavy atom. The highest BCUT2D eigenvalue weighted by Gasteiger charge is 2.32. The lowest BCUT2D eigenvalue weighted by molar-refractivity contribution is -0.137. The van der Waals surface area contributed by atoms with Gasteiger partial charge in [-0.05, 0) is 37.0 Å². The maximum Gasteiger partial charge on any atom is 0.416 e. The van der Waals surface area contributed by atoms with Crippen LogP contribution >= 0.6 is 0 Å². The van der Waals surface area contributed by atoms with E-state index < -0.39 is 17.6 Å². The number of nitrogen functional groups attached to an aromatic ring is 1. The number of hydrogen-bond donors (Lipinski definition) is 3. The van der Waals surface area contributed by atoms with Crippen molar-refractivity contribution in [3.63, 3.8) is 0 Å². The number of hydrogen-bond acceptors (Lipinski definition) is 3. The van der Waals surface area contributed by atoms with Crippen molar-refractivity contribution in [3.8, 4) is 0 Å². The van der Waals surface area contributed by atoms with Crippen molar-refractivity contribution in [2.75, 3.05) is 12.0 Å². The largest absolute Gasteiger partial charge is 0.416 e. The number of anilines is 1. The SMILES string of the molecule is NNc1ccc(C(F)(F)F)cc1C(=O)NCC1CC1. The van der Waals surface area contributed by atoms with E-state index in [-0.39, 0.29) is 11.3 Å². The summed E-state index contributed by atoms with van der Waals surface area (Å²) in [5.74, 6) is 5.10. The molecule has 1 aromatic carbocycles. The molecule has 1 saturated carbocycles. The minimum Gasteiger partial charge on any atom is -0.352 e. The third-order valence-electron chi connectivity index (χ3n) is 3.00. The molecule has 0 unspecified atom stereocenters. The minimum absolute atomic E-state index is 0.0991. The number of carbonyl (C=O) groups is 1. The molecule has 0 aliphatic heterocycles. The van der Waals surface area contributed by atoms with E-state index >= 15 is 0 Å². The Bertz CT molecular complexity index is 484. The highest BCUT2D eigenvalue weighted by atomic mass is 19.4. The first-order chi connectivity index (χ1) is 8.91. The summed E-state index contributed by atoms with van der Waals surface area (Å²) in [6.07, 6.45) is -2.39. The molecule has 19 heavy (non-hydrogen) atoms. The summed E-state index contributed by atoms with van der Waals surface area (Å²) in [6.45, 7) is 0.485. The molecule has 0 spiro atoms. The number of carbonyl (C=O) groups excluding carboxylic acids is 1. The first-order valence-corrected chi connectivity index (χ1v) is 5.88. The fourth-order valence-electron chi connectivity index (χ4n) is 1.69. The highest BCUT2D eigenvalue weighted by Crippen LogP contribution is 2.32. The standard InChI is InChI=1S/C12H14F3N3O/c13-12(14,15)8-3-4-10(18-16)9(5-8)11(19)17-6-7-1-2-7/h3-5,7,18H,1-2,6,16H2,(H,17,19). The first kappa shape index (κ1) is 13.7. The number of halogens is 3. The zero-order valence-electron chi connectivity index (χ0n) is 10.1. The van der Waals surface area contributed by atoms with E-state index in [2.05, 4.69) is 10.7 Å². The number of nitrogens with two attached hydrogens (primary N) is 1. The number of hydrazine groups is 1. The molecule has 4 nitrogen and oxygen atoms in total. The van der Waals surface area contributed by atoms with Gasteiger partial charge in [0, 0.05) is 6.54 Å². The molecule has 0 heterocycles. The number of amides is 1. The van der Waals surface area contributed by atoms with Crippen molar-refractivity contribution < 1.29 is 18.0 Å². The van der Waals surface area contributed by atoms with Crippen molar-refractivity contribution in [2.24, 2.45) is 11.8 Å². The van der Waals surface area contributed by atoms with Crippen LogP contribution < -0.4 is 16.6 Å². The minimum atomic E-state index is -4.49. The molecule has 1 aromatic rings. The second-order valence-electron chi connectivity index (χ2n) is 4.56. The fraction of sp³-hybridized carbons (Fsp3) is 0.417. The molecule has 7 heteroatoms. The zero-order chi connectivity index (χ0) is 14.0. The summed E-state index contributed by atoms with van der Waals surface area (Å²) in [5, 5.41) is 2.61. The van der Waals surface area contributed by atoms with Crippen molar-refractivity contribution in [1.82, 2.24) is 5.32 Å². The van der Waals surface area contributed by atoms with Gasteiger partial charge in [-0.25, -0.2) is 0 Å². The Morgan fingerprint density at radius 2 is 2.05 bits per heavy atom. The summed E-state index contributed by atoms with van der Waals surface area (Å²) >= 11 is 0. The van der Waals surface area contributed by atoms with Crippen molar-refractivity contribution in [1.29, 1.82) is 0 Å². The van der Waals surface area contributed by atoms with Gasteiger partial charge in [-0.15, -0.1) is 0 Å². The van der Waals surface area contributed by atoms with Crippen LogP contribution in [0.15, 0.2) is 18.2 Å². The summed E-state index contributed by atoms with van der Waals surface area (Å²) < 4.78 is 37.8. The van der Waals surface area contributed by atoms with Gasteiger partial charge in [0.2, 0.25) is 0 Å². The molecule has 0 bridgehead atoms. The molecule has 0 aromatic heterocycles. The van der Waals surface area contributed by atoms with E-state index in [0.717, 1.165) is 31.0 Å². The molecule has 1 amide bonds. The van der Waals surface area contributed by atoms with Gasteiger partial charge in [0.1, 0.15) is 0 Å². The normalized spacial score (nSPS) is 15.2. The molecule has 1 fully saturated rings. The van der Waals surface area contributed by atoms with E-state index in [1.807, 2.05) is 0 Å². The van der Waals surface area contributed by atoms with Crippen LogP contribution in [0.1, 0.15) is 28.8 Å². The Labute approximate surface area is 108 Å². The highest BCUT2D eigenvalue weighted by molar-refractivity contribution is 5.99. The van der Waals surface area contributed by atoms with E-state index in [1.165, 1.54) is 0 Å². The number of benzene rings is 1. The van der Waals surface area contributed by atoms with Gasteiger partial charge >= 0.3 is 6.18 Å². The second-order valence-corrected chi connectivity index (χ2v) is 4.56. The van der Waals surface area contributed by atoms with Crippen molar-refractivity contribution in [3.05, 3.63) is 29.3 Å². The van der Waals surface area contributed by atoms with Crippen LogP contribution in [0.5, 0.6) is 0 Å². The average molecular weight is 273 g/mol. The van der Waals surface area contributed by atoms with Gasteiger partial charge < -0.3 is 10.7 Å². The monoisotopic (exact) mass is 273 g/mol. The smallest absolute Gasteiger partial charge is 0.352 e. The number of rotatable bonds is 4. The molecular weight excluding hydrogens is 259 g/mol. The van der Waals surface area contributed by atoms with Crippen LogP contribution in [0.25, 0.3) is 0 Å². The predicted octanol–water partition coefficient (Wildman–Crippen LogP) is 2.13. The van der Waals surface area contributed by atoms with Crippen LogP contribution in [0.3, 0.4) is 0 Å². The van der Waals surface area contributed by atoms with Gasteiger partial charge in [-0.2, -0.15) is 13.2 Å². The lowest BCUT2D eigenvalue weighted by Crippen LogP contribution is -2.27. The molecular formula is C12H14F3N3O. The zero-order valence-corrected chi connectivity index (χ0v) is 10.1. The lowest BCUT2D eigenvalue weighted by atomic mass is 10.1. The predicted molar refractivity (Wildman–Crippen MR) is 64.3 cm³/mol. The van der Waals surface area contributed by atoms with Gasteiger partial charge in [-0.1, -0.05) is 0 Å². The Hall–Kier alpha value is -1.76. The molecule has 104 valence electrons. The fourth-order valence-corrected chi connectivity index (χ4v) is 1.69. The van der Waals surface area contributed by atoms with Crippen LogP contribution in [0.2, 0.25) is 0 Å². The molecule has 2 rings (SSSR count). The van der Waals surface area contributed by atoms with Gasteiger partial charge in [0.05, 0.1) is 16.8 Å². The van der Waals surface area contributed by atoms with E-state index in [0.29, 0.717) is 12.5 Å². The van der Waals surface area contributed by atoms with Gasteiger partial charge in [-0.3, -0.25) is 10.6 Å². The molecule has 1 aliphatic rings. The average Bonchev–Trinajstić information content (AvgIpc) is 3.18. The van der Waals surface area contributed by atoms with Crippen LogP contribution in [0.4, 0.5) is 18.9 Å². The molecule has 4 N–H and O–H groups in total. The topological polar surface area (TPSA) is 67.1 Å². The molecule has 0 saturated heterocycles. The molecule has 0 radical (unpaired) electrons. The second kappa shape index (κ2) is 5.08. The summed E-state index contributed by atoms with van der Waals surface area (Å²) in [4.78, 5) is 11.9. The third-order valence-corrected chi connectivity index (χ3v) is 3.00. The van der Waals surface area contributed by atoms with Crippen molar-refractivity contribution >= 4 is 11.6 Å². The Kier molecular flexibility index (Phi) is 3.66. The van der Waals surface area contributed by atoms with Crippen molar-refractivity contribution in [2.45, 2.75) is 19.0 Å². The van der Waals surface area contributed by atoms with E-state index in [9.17, 15) is 18.0 Å². The van der Waals surface area contributed by atoms with Crippen LogP contribution in [0, 0.1) is 5.92 Å². The first-order valence-electron chi connectivity index (χ1n) is 5.88. The summed E-state index contributed by atoms with van der Waals surface area (Å²) in [5.41, 5.74) is 1.43. The van der Waals surface area contributed by atoms with E-state index in [1.54, 1.807) is 0 Å². The molecule has 0 atom stereocenters. The number of nitrogens with one attached hydrogen (secondary N) is 2.